The molecular weight excluding hydrogens is 297 g/mol. The van der Waals surface area contributed by atoms with Gasteiger partial charge in [0.25, 0.3) is 7.82 Å². The first-order valence-corrected chi connectivity index (χ1v) is 7.69. The van der Waals surface area contributed by atoms with Crippen LogP contribution in [0.5, 0.6) is 0 Å². The van der Waals surface area contributed by atoms with Gasteiger partial charge < -0.3 is 24.8 Å². The Kier molecular flexibility index (Phi) is 4.29. The van der Waals surface area contributed by atoms with Crippen LogP contribution in [0.2, 0.25) is 0 Å². The summed E-state index contributed by atoms with van der Waals surface area (Å²) in [5.41, 5.74) is 4.22. The molecule has 9 nitrogen and oxygen atoms in total. The molecule has 1 aliphatic rings. The number of nitrogen functional groups attached to an aromatic ring is 1. The highest BCUT2D eigenvalue weighted by molar-refractivity contribution is 8.00. The van der Waals surface area contributed by atoms with Gasteiger partial charge in [0.1, 0.15) is 17.5 Å². The Morgan fingerprint density at radius 1 is 1.79 bits per heavy atom. The summed E-state index contributed by atoms with van der Waals surface area (Å²) in [7, 11) is -4.77. The van der Waals surface area contributed by atoms with Crippen LogP contribution >= 0.6 is 19.6 Å². The number of aromatic nitrogens is 2. The average molecular weight is 308 g/mol. The maximum absolute atomic E-state index is 11.6. The van der Waals surface area contributed by atoms with E-state index in [9.17, 15) is 14.3 Å². The van der Waals surface area contributed by atoms with E-state index in [0.717, 1.165) is 0 Å². The van der Waals surface area contributed by atoms with Gasteiger partial charge in [-0.3, -0.25) is 9.13 Å². The summed E-state index contributed by atoms with van der Waals surface area (Å²) in [6, 6.07) is 1.46. The molecule has 11 heteroatoms. The third kappa shape index (κ3) is 4.03. The summed E-state index contributed by atoms with van der Waals surface area (Å²) in [6.07, 6.45) is 0.868. The van der Waals surface area contributed by atoms with Crippen LogP contribution in [0, 0.1) is 0 Å². The van der Waals surface area contributed by atoms with E-state index in [0.29, 0.717) is 5.75 Å². The SMILES string of the molecule is Nc1ccn([C@@H]2CS[C@H](COP(=O)([O-])O)O2)c(=O)n1. The molecule has 1 fully saturated rings. The van der Waals surface area contributed by atoms with Crippen LogP contribution in [0.3, 0.4) is 0 Å². The molecule has 3 N–H and O–H groups in total. The Hall–Kier alpha value is -0.900. The zero-order chi connectivity index (χ0) is 14.0. The third-order valence-electron chi connectivity index (χ3n) is 2.27. The lowest BCUT2D eigenvalue weighted by Crippen LogP contribution is -2.28. The van der Waals surface area contributed by atoms with Gasteiger partial charge in [-0.15, -0.1) is 11.8 Å². The number of phosphoric ester groups is 1. The van der Waals surface area contributed by atoms with Crippen molar-refractivity contribution in [1.29, 1.82) is 0 Å². The summed E-state index contributed by atoms with van der Waals surface area (Å²) >= 11 is 1.26. The summed E-state index contributed by atoms with van der Waals surface area (Å²) in [5, 5.41) is 0. The zero-order valence-corrected chi connectivity index (χ0v) is 11.3. The van der Waals surface area contributed by atoms with E-state index in [1.165, 1.54) is 28.6 Å². The van der Waals surface area contributed by atoms with E-state index in [1.54, 1.807) is 0 Å². The first kappa shape index (κ1) is 14.5. The molecule has 2 heterocycles. The number of thioether (sulfide) groups is 1. The van der Waals surface area contributed by atoms with E-state index in [4.69, 9.17) is 15.4 Å². The Morgan fingerprint density at radius 3 is 3.16 bits per heavy atom. The molecule has 1 aliphatic heterocycles. The minimum atomic E-state index is -4.77. The van der Waals surface area contributed by atoms with Crippen LogP contribution in [0.25, 0.3) is 0 Å². The highest BCUT2D eigenvalue weighted by Crippen LogP contribution is 2.36. The number of ether oxygens (including phenoxy) is 1. The van der Waals surface area contributed by atoms with Crippen molar-refractivity contribution in [3.05, 3.63) is 22.7 Å². The number of phosphoric acid groups is 1. The Morgan fingerprint density at radius 2 is 2.53 bits per heavy atom. The van der Waals surface area contributed by atoms with E-state index >= 15 is 0 Å². The molecule has 19 heavy (non-hydrogen) atoms. The van der Waals surface area contributed by atoms with Crippen LogP contribution in [-0.2, 0) is 13.8 Å². The number of rotatable bonds is 4. The van der Waals surface area contributed by atoms with Crippen molar-refractivity contribution in [3.63, 3.8) is 0 Å². The second-order valence-electron chi connectivity index (χ2n) is 3.66. The number of anilines is 1. The Bertz CT molecular complexity index is 560. The van der Waals surface area contributed by atoms with Gasteiger partial charge in [0.05, 0.1) is 6.61 Å². The molecule has 1 unspecified atom stereocenters. The van der Waals surface area contributed by atoms with Crippen LogP contribution in [-0.4, -0.2) is 32.2 Å². The number of hydrogen-bond donors (Lipinski definition) is 2. The van der Waals surface area contributed by atoms with Gasteiger partial charge in [-0.25, -0.2) is 4.79 Å². The second kappa shape index (κ2) is 5.61. The fraction of sp³-hybridized carbons (Fsp3) is 0.500. The quantitative estimate of drug-likeness (QED) is 0.662. The first-order chi connectivity index (χ1) is 8.85. The van der Waals surface area contributed by atoms with Crippen molar-refractivity contribution in [2.24, 2.45) is 0 Å². The highest BCUT2D eigenvalue weighted by atomic mass is 32.2. The van der Waals surface area contributed by atoms with Gasteiger partial charge in [-0.05, 0) is 6.07 Å². The van der Waals surface area contributed by atoms with Gasteiger partial charge in [0.2, 0.25) is 0 Å². The van der Waals surface area contributed by atoms with Crippen molar-refractivity contribution in [3.8, 4) is 0 Å². The minimum absolute atomic E-state index is 0.111. The smallest absolute Gasteiger partial charge is 0.351 e. The van der Waals surface area contributed by atoms with Crippen molar-refractivity contribution in [2.75, 3.05) is 18.1 Å². The number of nitrogens with zero attached hydrogens (tertiary/aromatic N) is 2. The molecule has 1 saturated heterocycles. The van der Waals surface area contributed by atoms with Crippen molar-refractivity contribution in [2.45, 2.75) is 11.7 Å². The largest absolute Gasteiger partial charge is 0.756 e. The summed E-state index contributed by atoms with van der Waals surface area (Å²) < 4.78 is 21.3. The van der Waals surface area contributed by atoms with E-state index in [2.05, 4.69) is 9.51 Å². The predicted molar refractivity (Wildman–Crippen MR) is 65.1 cm³/mol. The lowest BCUT2D eigenvalue weighted by molar-refractivity contribution is -0.221. The lowest BCUT2D eigenvalue weighted by Gasteiger charge is -2.18. The fourth-order valence-electron chi connectivity index (χ4n) is 1.48. The molecule has 3 atom stereocenters. The summed E-state index contributed by atoms with van der Waals surface area (Å²) in [6.45, 7) is -0.324. The second-order valence-corrected chi connectivity index (χ2v) is 6.05. The summed E-state index contributed by atoms with van der Waals surface area (Å²) in [4.78, 5) is 34.0. The molecule has 0 saturated carbocycles. The zero-order valence-electron chi connectivity index (χ0n) is 9.54. The number of hydrogen-bond acceptors (Lipinski definition) is 8. The van der Waals surface area contributed by atoms with Gasteiger partial charge in [0, 0.05) is 11.9 Å². The van der Waals surface area contributed by atoms with E-state index < -0.39 is 25.2 Å². The molecular formula is C8H11N3O6PS-. The minimum Gasteiger partial charge on any atom is -0.756 e. The van der Waals surface area contributed by atoms with Crippen LogP contribution in [0.1, 0.15) is 6.23 Å². The van der Waals surface area contributed by atoms with E-state index in [-0.39, 0.29) is 12.4 Å². The summed E-state index contributed by atoms with van der Waals surface area (Å²) in [5.74, 6) is 0.535. The molecule has 0 bridgehead atoms. The van der Waals surface area contributed by atoms with Gasteiger partial charge in [0.15, 0.2) is 0 Å². The molecule has 0 radical (unpaired) electrons. The Balaban J connectivity index is 1.98. The standard InChI is InChI=1S/C8H12N3O6PS/c9-5-1-2-11(8(12)10-5)6-4-19-7(17-6)3-16-18(13,14)15/h1-2,6-7H,3-4H2,(H2,9,10,12)(H2,13,14,15)/p-1/t6-,7+/m0/s1. The van der Waals surface area contributed by atoms with Gasteiger partial charge in [-0.1, -0.05) is 0 Å². The van der Waals surface area contributed by atoms with E-state index in [1.807, 2.05) is 0 Å². The topological polar surface area (TPSA) is 140 Å². The Labute approximate surface area is 112 Å². The van der Waals surface area contributed by atoms with Gasteiger partial charge >= 0.3 is 5.69 Å². The molecule has 0 aliphatic carbocycles. The predicted octanol–water partition coefficient (Wildman–Crippen LogP) is -1.11. The maximum atomic E-state index is 11.6. The molecule has 1 aromatic heterocycles. The molecule has 0 spiro atoms. The molecule has 2 rings (SSSR count). The van der Waals surface area contributed by atoms with Crippen LogP contribution in [0.15, 0.2) is 17.1 Å². The van der Waals surface area contributed by atoms with Crippen LogP contribution in [0.4, 0.5) is 5.82 Å². The number of nitrogens with two attached hydrogens (primary N) is 1. The third-order valence-corrected chi connectivity index (χ3v) is 3.84. The first-order valence-electron chi connectivity index (χ1n) is 5.15. The normalized spacial score (nSPS) is 26.2. The molecule has 106 valence electrons. The highest BCUT2D eigenvalue weighted by Gasteiger charge is 2.28. The van der Waals surface area contributed by atoms with Crippen LogP contribution < -0.4 is 16.3 Å². The monoisotopic (exact) mass is 308 g/mol. The molecule has 1 aromatic rings. The molecule has 0 aromatic carbocycles. The fourth-order valence-corrected chi connectivity index (χ4v) is 2.89. The van der Waals surface area contributed by atoms with Crippen molar-refractivity contribution >= 4 is 25.4 Å². The maximum Gasteiger partial charge on any atom is 0.351 e. The molecule has 0 amide bonds. The van der Waals surface area contributed by atoms with Crippen molar-refractivity contribution < 1.29 is 23.6 Å². The average Bonchev–Trinajstić information content (AvgIpc) is 2.74. The van der Waals surface area contributed by atoms with Gasteiger partial charge in [-0.2, -0.15) is 4.98 Å². The van der Waals surface area contributed by atoms with Crippen molar-refractivity contribution in [1.82, 2.24) is 9.55 Å². The lowest BCUT2D eigenvalue weighted by atomic mass is 10.5.